The van der Waals surface area contributed by atoms with Crippen molar-refractivity contribution in [1.29, 1.82) is 0 Å². The molecule has 0 radical (unpaired) electrons. The van der Waals surface area contributed by atoms with E-state index in [2.05, 4.69) is 13.0 Å². The van der Waals surface area contributed by atoms with Crippen LogP contribution >= 0.6 is 0 Å². The molecule has 0 fully saturated rings. The molecule has 0 spiro atoms. The predicted molar refractivity (Wildman–Crippen MR) is 53.1 cm³/mol. The number of rotatable bonds is 7. The van der Waals surface area contributed by atoms with E-state index in [1.807, 2.05) is 6.08 Å². The van der Waals surface area contributed by atoms with Crippen molar-refractivity contribution >= 4 is 6.29 Å². The van der Waals surface area contributed by atoms with Crippen LogP contribution in [0.1, 0.15) is 39.0 Å². The lowest BCUT2D eigenvalue weighted by molar-refractivity contribution is -0.104. The molecule has 0 aromatic heterocycles. The van der Waals surface area contributed by atoms with Crippen molar-refractivity contribution in [2.45, 2.75) is 39.0 Å². The molecule has 68 valence electrons. The zero-order chi connectivity index (χ0) is 9.07. The average Bonchev–Trinajstić information content (AvgIpc) is 2.10. The first-order valence-electron chi connectivity index (χ1n) is 4.68. The van der Waals surface area contributed by atoms with Crippen LogP contribution in [0.25, 0.3) is 0 Å². The van der Waals surface area contributed by atoms with Crippen LogP contribution in [0.4, 0.5) is 0 Å². The topological polar surface area (TPSA) is 17.1 Å². The molecule has 0 rings (SSSR count). The van der Waals surface area contributed by atoms with Crippen molar-refractivity contribution in [3.8, 4) is 0 Å². The summed E-state index contributed by atoms with van der Waals surface area (Å²) in [5, 5.41) is 0. The Hall–Kier alpha value is -0.850. The van der Waals surface area contributed by atoms with Gasteiger partial charge < -0.3 is 0 Å². The van der Waals surface area contributed by atoms with Crippen molar-refractivity contribution < 1.29 is 4.79 Å². The van der Waals surface area contributed by atoms with Crippen molar-refractivity contribution in [2.24, 2.45) is 0 Å². The number of carbonyl (C=O) groups excluding carboxylic acids is 1. The van der Waals surface area contributed by atoms with Gasteiger partial charge in [0.1, 0.15) is 6.29 Å². The Morgan fingerprint density at radius 3 is 2.50 bits per heavy atom. The fraction of sp³-hybridized carbons (Fsp3) is 0.545. The van der Waals surface area contributed by atoms with Crippen LogP contribution in [-0.2, 0) is 4.79 Å². The summed E-state index contributed by atoms with van der Waals surface area (Å²) in [7, 11) is 0. The van der Waals surface area contributed by atoms with E-state index in [1.54, 1.807) is 6.08 Å². The molecule has 0 amide bonds. The number of hydrogen-bond acceptors (Lipinski definition) is 1. The van der Waals surface area contributed by atoms with Gasteiger partial charge in [0.15, 0.2) is 0 Å². The number of allylic oxidation sites excluding steroid dienone is 4. The monoisotopic (exact) mass is 166 g/mol. The van der Waals surface area contributed by atoms with E-state index in [-0.39, 0.29) is 0 Å². The van der Waals surface area contributed by atoms with E-state index in [9.17, 15) is 4.79 Å². The predicted octanol–water partition coefficient (Wildman–Crippen LogP) is 3.27. The zero-order valence-corrected chi connectivity index (χ0v) is 7.83. The maximum absolute atomic E-state index is 9.86. The van der Waals surface area contributed by atoms with Crippen molar-refractivity contribution in [3.63, 3.8) is 0 Å². The Balaban J connectivity index is 3.13. The second kappa shape index (κ2) is 10.2. The third-order valence-electron chi connectivity index (χ3n) is 1.66. The van der Waals surface area contributed by atoms with Gasteiger partial charge in [-0.15, -0.1) is 0 Å². The molecule has 1 nitrogen and oxygen atoms in total. The molecule has 0 aliphatic heterocycles. The lowest BCUT2D eigenvalue weighted by Gasteiger charge is -1.92. The van der Waals surface area contributed by atoms with E-state index in [0.29, 0.717) is 0 Å². The van der Waals surface area contributed by atoms with Crippen LogP contribution < -0.4 is 0 Å². The average molecular weight is 166 g/mol. The second-order valence-corrected chi connectivity index (χ2v) is 2.80. The number of unbranched alkanes of at least 4 members (excludes halogenated alkanes) is 4. The van der Waals surface area contributed by atoms with E-state index in [0.717, 1.165) is 12.7 Å². The fourth-order valence-corrected chi connectivity index (χ4v) is 0.973. The Kier molecular flexibility index (Phi) is 9.43. The lowest BCUT2D eigenvalue weighted by Crippen LogP contribution is -1.73. The first-order chi connectivity index (χ1) is 5.91. The summed E-state index contributed by atoms with van der Waals surface area (Å²) in [6, 6.07) is 0. The summed E-state index contributed by atoms with van der Waals surface area (Å²) in [4.78, 5) is 9.86. The Morgan fingerprint density at radius 1 is 1.00 bits per heavy atom. The molecule has 0 aromatic carbocycles. The van der Waals surface area contributed by atoms with Crippen molar-refractivity contribution in [1.82, 2.24) is 0 Å². The number of carbonyl (C=O) groups is 1. The Bertz CT molecular complexity index is 145. The fourth-order valence-electron chi connectivity index (χ4n) is 0.973. The largest absolute Gasteiger partial charge is 0.299 e. The van der Waals surface area contributed by atoms with Gasteiger partial charge in [-0.2, -0.15) is 0 Å². The lowest BCUT2D eigenvalue weighted by atomic mass is 10.1. The molecule has 0 aliphatic carbocycles. The Morgan fingerprint density at radius 2 is 1.83 bits per heavy atom. The second-order valence-electron chi connectivity index (χ2n) is 2.80. The van der Waals surface area contributed by atoms with Crippen LogP contribution in [0.5, 0.6) is 0 Å². The third kappa shape index (κ3) is 9.15. The molecule has 0 unspecified atom stereocenters. The minimum atomic E-state index is 0.793. The summed E-state index contributed by atoms with van der Waals surface area (Å²) >= 11 is 0. The van der Waals surface area contributed by atoms with Crippen LogP contribution in [0.15, 0.2) is 24.3 Å². The molecule has 0 saturated carbocycles. The number of hydrogen-bond donors (Lipinski definition) is 0. The summed E-state index contributed by atoms with van der Waals surface area (Å²) in [5.41, 5.74) is 0. The van der Waals surface area contributed by atoms with Gasteiger partial charge in [-0.1, -0.05) is 44.4 Å². The van der Waals surface area contributed by atoms with Crippen LogP contribution in [0.2, 0.25) is 0 Å². The minimum Gasteiger partial charge on any atom is -0.299 e. The molecule has 0 saturated heterocycles. The first kappa shape index (κ1) is 11.2. The van der Waals surface area contributed by atoms with E-state index in [1.165, 1.54) is 31.8 Å². The van der Waals surface area contributed by atoms with Crippen LogP contribution in [0, 0.1) is 0 Å². The summed E-state index contributed by atoms with van der Waals surface area (Å²) < 4.78 is 0. The van der Waals surface area contributed by atoms with Crippen molar-refractivity contribution in [3.05, 3.63) is 24.3 Å². The van der Waals surface area contributed by atoms with Gasteiger partial charge in [-0.05, 0) is 18.9 Å². The number of aldehydes is 1. The molecule has 0 N–H and O–H groups in total. The summed E-state index contributed by atoms with van der Waals surface area (Å²) in [6.07, 6.45) is 14.4. The maximum atomic E-state index is 9.86. The smallest absolute Gasteiger partial charge is 0.142 e. The SMILES string of the molecule is CCCCCC/C=C/C=C/C=O. The molecule has 0 heterocycles. The molecular weight excluding hydrogens is 148 g/mol. The summed E-state index contributed by atoms with van der Waals surface area (Å²) in [6.45, 7) is 2.21. The highest BCUT2D eigenvalue weighted by Crippen LogP contribution is 2.02. The molecule has 0 aromatic rings. The summed E-state index contributed by atoms with van der Waals surface area (Å²) in [5.74, 6) is 0. The first-order valence-corrected chi connectivity index (χ1v) is 4.68. The van der Waals surface area contributed by atoms with Crippen LogP contribution in [-0.4, -0.2) is 6.29 Å². The molecule has 0 bridgehead atoms. The maximum Gasteiger partial charge on any atom is 0.142 e. The van der Waals surface area contributed by atoms with Gasteiger partial charge in [0.2, 0.25) is 0 Å². The van der Waals surface area contributed by atoms with Gasteiger partial charge in [0, 0.05) is 0 Å². The zero-order valence-electron chi connectivity index (χ0n) is 7.83. The standard InChI is InChI=1S/C11H18O/c1-2-3-4-5-6-7-8-9-10-11-12/h7-11H,2-6H2,1H3/b8-7+,10-9+. The quantitative estimate of drug-likeness (QED) is 0.245. The molecule has 1 heteroatoms. The van der Waals surface area contributed by atoms with E-state index in [4.69, 9.17) is 0 Å². The molecule has 12 heavy (non-hydrogen) atoms. The molecule has 0 atom stereocenters. The third-order valence-corrected chi connectivity index (χ3v) is 1.66. The highest BCUT2D eigenvalue weighted by atomic mass is 16.1. The minimum absolute atomic E-state index is 0.793. The van der Waals surface area contributed by atoms with E-state index < -0.39 is 0 Å². The highest BCUT2D eigenvalue weighted by molar-refractivity contribution is 5.65. The normalized spacial score (nSPS) is 11.4. The van der Waals surface area contributed by atoms with E-state index >= 15 is 0 Å². The highest BCUT2D eigenvalue weighted by Gasteiger charge is 1.82. The van der Waals surface area contributed by atoms with Gasteiger partial charge in [0.25, 0.3) is 0 Å². The van der Waals surface area contributed by atoms with Gasteiger partial charge in [-0.25, -0.2) is 0 Å². The van der Waals surface area contributed by atoms with Gasteiger partial charge >= 0.3 is 0 Å². The molecule has 0 aliphatic rings. The van der Waals surface area contributed by atoms with Crippen molar-refractivity contribution in [2.75, 3.05) is 0 Å². The van der Waals surface area contributed by atoms with Gasteiger partial charge in [0.05, 0.1) is 0 Å². The molecular formula is C11H18O. The van der Waals surface area contributed by atoms with Gasteiger partial charge in [-0.3, -0.25) is 4.79 Å². The Labute approximate surface area is 75.2 Å². The van der Waals surface area contributed by atoms with Crippen LogP contribution in [0.3, 0.4) is 0 Å².